The molecule has 1 aliphatic carbocycles. The molecule has 1 saturated carbocycles. The summed E-state index contributed by atoms with van der Waals surface area (Å²) in [5.74, 6) is -1.02. The van der Waals surface area contributed by atoms with Crippen molar-refractivity contribution in [2.75, 3.05) is 19.6 Å². The second kappa shape index (κ2) is 8.49. The number of hydrogen-bond donors (Lipinski definition) is 4. The standard InChI is InChI=1S/C14H25N3O4/c1-9(2)7-11(13(19)20)8-17-14(21)16-6-5-15-12(18)10-3-4-10/h9-11H,3-8H2,1-2H3,(H,15,18)(H,19,20)(H2,16,17,21). The van der Waals surface area contributed by atoms with Gasteiger partial charge in [-0.15, -0.1) is 0 Å². The van der Waals surface area contributed by atoms with Crippen LogP contribution in [0.5, 0.6) is 0 Å². The number of aliphatic carboxylic acids is 1. The Morgan fingerprint density at radius 1 is 1.10 bits per heavy atom. The normalized spacial score (nSPS) is 15.4. The Kier molecular flexibility index (Phi) is 6.98. The minimum Gasteiger partial charge on any atom is -0.481 e. The van der Waals surface area contributed by atoms with Crippen molar-refractivity contribution < 1.29 is 19.5 Å². The zero-order valence-corrected chi connectivity index (χ0v) is 12.6. The lowest BCUT2D eigenvalue weighted by Crippen LogP contribution is -2.43. The molecule has 7 nitrogen and oxygen atoms in total. The van der Waals surface area contributed by atoms with Crippen LogP contribution in [-0.2, 0) is 9.59 Å². The van der Waals surface area contributed by atoms with Crippen LogP contribution in [0.4, 0.5) is 4.79 Å². The summed E-state index contributed by atoms with van der Waals surface area (Å²) in [6.07, 6.45) is 2.42. The highest BCUT2D eigenvalue weighted by atomic mass is 16.4. The van der Waals surface area contributed by atoms with Crippen molar-refractivity contribution in [3.05, 3.63) is 0 Å². The highest BCUT2D eigenvalue weighted by Gasteiger charge is 2.29. The van der Waals surface area contributed by atoms with E-state index >= 15 is 0 Å². The van der Waals surface area contributed by atoms with E-state index in [1.807, 2.05) is 13.8 Å². The molecule has 1 fully saturated rings. The molecule has 1 atom stereocenters. The van der Waals surface area contributed by atoms with Gasteiger partial charge in [-0.25, -0.2) is 4.79 Å². The Morgan fingerprint density at radius 2 is 1.71 bits per heavy atom. The summed E-state index contributed by atoms with van der Waals surface area (Å²) in [5.41, 5.74) is 0. The Balaban J connectivity index is 2.11. The summed E-state index contributed by atoms with van der Waals surface area (Å²) >= 11 is 0. The smallest absolute Gasteiger partial charge is 0.314 e. The minimum atomic E-state index is -0.902. The maximum Gasteiger partial charge on any atom is 0.314 e. The number of carbonyl (C=O) groups excluding carboxylic acids is 2. The molecule has 1 unspecified atom stereocenters. The van der Waals surface area contributed by atoms with Crippen LogP contribution in [0.1, 0.15) is 33.1 Å². The molecule has 0 aromatic heterocycles. The summed E-state index contributed by atoms with van der Waals surface area (Å²) < 4.78 is 0. The monoisotopic (exact) mass is 299 g/mol. The third-order valence-corrected chi connectivity index (χ3v) is 3.27. The molecule has 0 radical (unpaired) electrons. The van der Waals surface area contributed by atoms with E-state index in [1.165, 1.54) is 0 Å². The highest BCUT2D eigenvalue weighted by Crippen LogP contribution is 2.28. The number of carboxylic acids is 1. The van der Waals surface area contributed by atoms with E-state index in [9.17, 15) is 14.4 Å². The molecule has 120 valence electrons. The van der Waals surface area contributed by atoms with Crippen molar-refractivity contribution in [1.82, 2.24) is 16.0 Å². The average Bonchev–Trinajstić information content (AvgIpc) is 3.23. The van der Waals surface area contributed by atoms with Crippen molar-refractivity contribution in [3.63, 3.8) is 0 Å². The zero-order valence-electron chi connectivity index (χ0n) is 12.6. The summed E-state index contributed by atoms with van der Waals surface area (Å²) in [5, 5.41) is 16.9. The van der Waals surface area contributed by atoms with Gasteiger partial charge in [0, 0.05) is 25.6 Å². The number of nitrogens with one attached hydrogen (secondary N) is 3. The predicted octanol–water partition coefficient (Wildman–Crippen LogP) is 0.559. The van der Waals surface area contributed by atoms with Crippen molar-refractivity contribution in [3.8, 4) is 0 Å². The van der Waals surface area contributed by atoms with Crippen LogP contribution in [0.15, 0.2) is 0 Å². The molecular formula is C14H25N3O4. The van der Waals surface area contributed by atoms with Crippen LogP contribution < -0.4 is 16.0 Å². The fourth-order valence-electron chi connectivity index (χ4n) is 1.97. The minimum absolute atomic E-state index is 0.0417. The summed E-state index contributed by atoms with van der Waals surface area (Å²) in [4.78, 5) is 33.9. The summed E-state index contributed by atoms with van der Waals surface area (Å²) in [6.45, 7) is 4.70. The van der Waals surface area contributed by atoms with E-state index in [-0.39, 0.29) is 24.3 Å². The van der Waals surface area contributed by atoms with Gasteiger partial charge in [0.05, 0.1) is 5.92 Å². The van der Waals surface area contributed by atoms with Gasteiger partial charge in [-0.05, 0) is 25.2 Å². The van der Waals surface area contributed by atoms with E-state index in [0.29, 0.717) is 19.5 Å². The van der Waals surface area contributed by atoms with Gasteiger partial charge in [0.25, 0.3) is 0 Å². The van der Waals surface area contributed by atoms with Gasteiger partial charge in [0.1, 0.15) is 0 Å². The third-order valence-electron chi connectivity index (χ3n) is 3.27. The van der Waals surface area contributed by atoms with Crippen LogP contribution in [0, 0.1) is 17.8 Å². The molecule has 0 heterocycles. The van der Waals surface area contributed by atoms with E-state index in [4.69, 9.17) is 5.11 Å². The molecule has 21 heavy (non-hydrogen) atoms. The molecule has 3 amide bonds. The number of carbonyl (C=O) groups is 3. The Labute approximate surface area is 124 Å². The fourth-order valence-corrected chi connectivity index (χ4v) is 1.97. The van der Waals surface area contributed by atoms with Gasteiger partial charge >= 0.3 is 12.0 Å². The van der Waals surface area contributed by atoms with Crippen LogP contribution in [-0.4, -0.2) is 42.6 Å². The lowest BCUT2D eigenvalue weighted by molar-refractivity contribution is -0.142. The van der Waals surface area contributed by atoms with E-state index < -0.39 is 17.9 Å². The average molecular weight is 299 g/mol. The molecule has 4 N–H and O–H groups in total. The van der Waals surface area contributed by atoms with Gasteiger partial charge in [-0.1, -0.05) is 13.8 Å². The quantitative estimate of drug-likeness (QED) is 0.466. The predicted molar refractivity (Wildman–Crippen MR) is 77.7 cm³/mol. The van der Waals surface area contributed by atoms with Crippen LogP contribution in [0.25, 0.3) is 0 Å². The van der Waals surface area contributed by atoms with Crippen LogP contribution in [0.3, 0.4) is 0 Å². The van der Waals surface area contributed by atoms with Gasteiger partial charge in [-0.3, -0.25) is 9.59 Å². The Hall–Kier alpha value is -1.79. The maximum absolute atomic E-state index is 11.5. The zero-order chi connectivity index (χ0) is 15.8. The molecule has 0 aromatic carbocycles. The summed E-state index contributed by atoms with van der Waals surface area (Å²) in [6, 6.07) is -0.411. The molecule has 7 heteroatoms. The Bertz CT molecular complexity index is 380. The largest absolute Gasteiger partial charge is 0.481 e. The van der Waals surface area contributed by atoms with Crippen molar-refractivity contribution >= 4 is 17.9 Å². The van der Waals surface area contributed by atoms with Crippen molar-refractivity contribution in [2.45, 2.75) is 33.1 Å². The van der Waals surface area contributed by atoms with Crippen LogP contribution >= 0.6 is 0 Å². The van der Waals surface area contributed by atoms with E-state index in [1.54, 1.807) is 0 Å². The van der Waals surface area contributed by atoms with Gasteiger partial charge in [-0.2, -0.15) is 0 Å². The maximum atomic E-state index is 11.5. The molecule has 0 aromatic rings. The second-order valence-electron chi connectivity index (χ2n) is 5.87. The van der Waals surface area contributed by atoms with Crippen molar-refractivity contribution in [1.29, 1.82) is 0 Å². The molecule has 0 bridgehead atoms. The van der Waals surface area contributed by atoms with Gasteiger partial charge in [0.2, 0.25) is 5.91 Å². The van der Waals surface area contributed by atoms with Crippen LogP contribution in [0.2, 0.25) is 0 Å². The number of hydrogen-bond acceptors (Lipinski definition) is 3. The molecule has 0 aliphatic heterocycles. The lowest BCUT2D eigenvalue weighted by Gasteiger charge is -2.15. The van der Waals surface area contributed by atoms with Gasteiger partial charge in [0.15, 0.2) is 0 Å². The first-order valence-electron chi connectivity index (χ1n) is 7.42. The molecule has 1 aliphatic rings. The Morgan fingerprint density at radius 3 is 2.24 bits per heavy atom. The third kappa shape index (κ3) is 7.53. The van der Waals surface area contributed by atoms with E-state index in [2.05, 4.69) is 16.0 Å². The number of carboxylic acid groups (broad SMARTS) is 1. The molecular weight excluding hydrogens is 274 g/mol. The first kappa shape index (κ1) is 17.3. The van der Waals surface area contributed by atoms with Crippen molar-refractivity contribution in [2.24, 2.45) is 17.8 Å². The molecule has 1 rings (SSSR count). The topological polar surface area (TPSA) is 108 Å². The fraction of sp³-hybridized carbons (Fsp3) is 0.786. The first-order valence-corrected chi connectivity index (χ1v) is 7.42. The lowest BCUT2D eigenvalue weighted by atomic mass is 9.97. The highest BCUT2D eigenvalue weighted by molar-refractivity contribution is 5.81. The first-order chi connectivity index (χ1) is 9.90. The number of rotatable bonds is 9. The number of urea groups is 1. The second-order valence-corrected chi connectivity index (χ2v) is 5.87. The van der Waals surface area contributed by atoms with Gasteiger partial charge < -0.3 is 21.1 Å². The summed E-state index contributed by atoms with van der Waals surface area (Å²) in [7, 11) is 0. The molecule has 0 spiro atoms. The van der Waals surface area contributed by atoms with E-state index in [0.717, 1.165) is 12.8 Å². The SMILES string of the molecule is CC(C)CC(CNC(=O)NCCNC(=O)C1CC1)C(=O)O. The number of amides is 3. The molecule has 0 saturated heterocycles.